The molecule has 7 nitrogen and oxygen atoms in total. The minimum Gasteiger partial charge on any atom is -0.469 e. The normalized spacial score (nSPS) is 20.2. The third-order valence-electron chi connectivity index (χ3n) is 3.75. The van der Waals surface area contributed by atoms with E-state index < -0.39 is 23.7 Å². The van der Waals surface area contributed by atoms with E-state index in [-0.39, 0.29) is 29.6 Å². The van der Waals surface area contributed by atoms with Crippen molar-refractivity contribution in [2.45, 2.75) is 12.5 Å². The molecule has 1 aliphatic rings. The van der Waals surface area contributed by atoms with E-state index in [4.69, 9.17) is 11.6 Å². The van der Waals surface area contributed by atoms with Crippen LogP contribution in [0.15, 0.2) is 18.2 Å². The number of ether oxygens (including phenoxy) is 1. The van der Waals surface area contributed by atoms with Crippen molar-refractivity contribution in [1.82, 2.24) is 5.32 Å². The molecule has 1 aromatic rings. The first-order chi connectivity index (χ1) is 11.4. The Bertz CT molecular complexity index is 656. The summed E-state index contributed by atoms with van der Waals surface area (Å²) in [5.41, 5.74) is 0.00905. The van der Waals surface area contributed by atoms with E-state index in [2.05, 4.69) is 15.4 Å². The van der Waals surface area contributed by atoms with E-state index in [1.54, 1.807) is 0 Å². The quantitative estimate of drug-likeness (QED) is 0.611. The smallest absolute Gasteiger partial charge is 0.312 e. The third-order valence-corrected chi connectivity index (χ3v) is 3.98. The molecule has 1 unspecified atom stereocenters. The molecule has 9 heteroatoms. The van der Waals surface area contributed by atoms with Gasteiger partial charge in [-0.3, -0.25) is 14.4 Å². The van der Waals surface area contributed by atoms with Gasteiger partial charge in [0, 0.05) is 5.02 Å². The van der Waals surface area contributed by atoms with Crippen LogP contribution in [0.3, 0.4) is 0 Å². The zero-order valence-corrected chi connectivity index (χ0v) is 13.8. The molecule has 0 spiro atoms. The second kappa shape index (κ2) is 8.07. The molecule has 2 amide bonds. The van der Waals surface area contributed by atoms with Crippen LogP contribution in [0.1, 0.15) is 6.42 Å². The van der Waals surface area contributed by atoms with Crippen LogP contribution in [0.25, 0.3) is 0 Å². The molecule has 0 bridgehead atoms. The highest BCUT2D eigenvalue weighted by Crippen LogP contribution is 2.18. The molecule has 0 aliphatic carbocycles. The van der Waals surface area contributed by atoms with Crippen molar-refractivity contribution in [2.24, 2.45) is 0 Å². The Labute approximate surface area is 143 Å². The lowest BCUT2D eigenvalue weighted by molar-refractivity contribution is -0.909. The van der Waals surface area contributed by atoms with Gasteiger partial charge < -0.3 is 20.3 Å². The molecule has 1 aromatic carbocycles. The zero-order valence-electron chi connectivity index (χ0n) is 13.0. The fraction of sp³-hybridized carbons (Fsp3) is 0.400. The number of methoxy groups -OCH3 is 1. The van der Waals surface area contributed by atoms with Gasteiger partial charge >= 0.3 is 5.97 Å². The van der Waals surface area contributed by atoms with Crippen molar-refractivity contribution in [3.8, 4) is 0 Å². The summed E-state index contributed by atoms with van der Waals surface area (Å²) in [5, 5.41) is 5.33. The molecule has 24 heavy (non-hydrogen) atoms. The van der Waals surface area contributed by atoms with Crippen molar-refractivity contribution in [3.63, 3.8) is 0 Å². The molecule has 130 valence electrons. The molecule has 0 radical (unpaired) electrons. The first-order valence-corrected chi connectivity index (χ1v) is 7.72. The van der Waals surface area contributed by atoms with E-state index >= 15 is 0 Å². The number of quaternary nitrogens is 1. The summed E-state index contributed by atoms with van der Waals surface area (Å²) in [5.74, 6) is -1.95. The molecular weight excluding hydrogens is 341 g/mol. The number of benzene rings is 1. The summed E-state index contributed by atoms with van der Waals surface area (Å²) in [6.45, 7) is 0.801. The van der Waals surface area contributed by atoms with Gasteiger partial charge in [0.05, 0.1) is 25.9 Å². The monoisotopic (exact) mass is 358 g/mol. The number of carbonyl (C=O) groups is 3. The molecular formula is C15H18ClFN3O4+. The number of esters is 1. The first-order valence-electron chi connectivity index (χ1n) is 7.34. The third kappa shape index (κ3) is 4.65. The average molecular weight is 359 g/mol. The number of nitrogens with one attached hydrogen (secondary N) is 3. The number of carbonyl (C=O) groups excluding carboxylic acids is 3. The van der Waals surface area contributed by atoms with Gasteiger partial charge in [0.1, 0.15) is 12.2 Å². The van der Waals surface area contributed by atoms with E-state index in [1.165, 1.54) is 19.2 Å². The Morgan fingerprint density at radius 1 is 1.50 bits per heavy atom. The lowest BCUT2D eigenvalue weighted by Gasteiger charge is -2.30. The molecule has 1 aliphatic heterocycles. The molecule has 2 rings (SSSR count). The second-order valence-corrected chi connectivity index (χ2v) is 5.82. The van der Waals surface area contributed by atoms with Gasteiger partial charge in [-0.1, -0.05) is 11.6 Å². The fourth-order valence-electron chi connectivity index (χ4n) is 2.52. The van der Waals surface area contributed by atoms with Crippen LogP contribution in [0.4, 0.5) is 10.1 Å². The van der Waals surface area contributed by atoms with Crippen molar-refractivity contribution >= 4 is 35.1 Å². The maximum atomic E-state index is 13.7. The highest BCUT2D eigenvalue weighted by atomic mass is 35.5. The van der Waals surface area contributed by atoms with Crippen LogP contribution >= 0.6 is 11.6 Å². The Hall–Kier alpha value is -2.19. The minimum absolute atomic E-state index is 0.00905. The standard InChI is InChI=1S/C15H17ClFN3O4/c1-24-14(22)7-12-15(23)18-4-5-20(12)8-13(21)19-11-3-2-9(16)6-10(11)17/h2-3,6,12H,4-5,7-8H2,1H3,(H,18,23)(H,19,21)/p+1/t12-/m1/s1. The topological polar surface area (TPSA) is 88.9 Å². The van der Waals surface area contributed by atoms with Gasteiger partial charge in [-0.25, -0.2) is 4.39 Å². The van der Waals surface area contributed by atoms with Crippen LogP contribution in [0.5, 0.6) is 0 Å². The Kier molecular flexibility index (Phi) is 6.10. The summed E-state index contributed by atoms with van der Waals surface area (Å²) in [7, 11) is 1.23. The molecule has 3 N–H and O–H groups in total. The van der Waals surface area contributed by atoms with E-state index in [1.807, 2.05) is 0 Å². The van der Waals surface area contributed by atoms with Crippen molar-refractivity contribution in [2.75, 3.05) is 32.1 Å². The Balaban J connectivity index is 2.02. The van der Waals surface area contributed by atoms with Crippen LogP contribution in [0, 0.1) is 5.82 Å². The SMILES string of the molecule is COC(=O)C[C@@H]1C(=O)NCC[NH+]1CC(=O)Nc1ccc(Cl)cc1F. The lowest BCUT2D eigenvalue weighted by Crippen LogP contribution is -3.20. The number of anilines is 1. The molecule has 0 saturated carbocycles. The number of hydrogen-bond acceptors (Lipinski definition) is 4. The molecule has 1 saturated heterocycles. The van der Waals surface area contributed by atoms with E-state index in [0.29, 0.717) is 18.0 Å². The van der Waals surface area contributed by atoms with Crippen molar-refractivity contribution in [3.05, 3.63) is 29.0 Å². The lowest BCUT2D eigenvalue weighted by atomic mass is 10.1. The summed E-state index contributed by atoms with van der Waals surface area (Å²) < 4.78 is 18.3. The molecule has 0 aromatic heterocycles. The second-order valence-electron chi connectivity index (χ2n) is 5.38. The highest BCUT2D eigenvalue weighted by molar-refractivity contribution is 6.30. The summed E-state index contributed by atoms with van der Waals surface area (Å²) in [6.07, 6.45) is -0.125. The number of hydrogen-bond donors (Lipinski definition) is 3. The largest absolute Gasteiger partial charge is 0.469 e. The predicted octanol–water partition coefficient (Wildman–Crippen LogP) is -0.636. The van der Waals surface area contributed by atoms with Crippen LogP contribution in [-0.4, -0.2) is 50.6 Å². The summed E-state index contributed by atoms with van der Waals surface area (Å²) in [4.78, 5) is 36.2. The molecule has 1 fully saturated rings. The van der Waals surface area contributed by atoms with Gasteiger partial charge in [0.15, 0.2) is 12.6 Å². The Morgan fingerprint density at radius 3 is 2.92 bits per heavy atom. The number of piperazine rings is 1. The average Bonchev–Trinajstić information content (AvgIpc) is 2.53. The van der Waals surface area contributed by atoms with Crippen molar-refractivity contribution in [1.29, 1.82) is 0 Å². The van der Waals surface area contributed by atoms with Gasteiger partial charge in [-0.05, 0) is 18.2 Å². The van der Waals surface area contributed by atoms with Crippen molar-refractivity contribution < 1.29 is 28.4 Å². The molecule has 1 heterocycles. The van der Waals surface area contributed by atoms with Gasteiger partial charge in [0.2, 0.25) is 0 Å². The predicted molar refractivity (Wildman–Crippen MR) is 84.2 cm³/mol. The maximum Gasteiger partial charge on any atom is 0.312 e. The minimum atomic E-state index is -0.716. The van der Waals surface area contributed by atoms with Crippen LogP contribution in [0.2, 0.25) is 5.02 Å². The number of halogens is 2. The Morgan fingerprint density at radius 2 is 2.25 bits per heavy atom. The van der Waals surface area contributed by atoms with Crippen LogP contribution < -0.4 is 15.5 Å². The summed E-state index contributed by atoms with van der Waals surface area (Å²) >= 11 is 5.66. The van der Waals surface area contributed by atoms with Gasteiger partial charge in [-0.15, -0.1) is 0 Å². The number of amides is 2. The summed E-state index contributed by atoms with van der Waals surface area (Å²) in [6, 6.07) is 3.20. The fourth-order valence-corrected chi connectivity index (χ4v) is 2.68. The van der Waals surface area contributed by atoms with Gasteiger partial charge in [-0.2, -0.15) is 0 Å². The highest BCUT2D eigenvalue weighted by Gasteiger charge is 2.36. The van der Waals surface area contributed by atoms with Crippen LogP contribution in [-0.2, 0) is 19.1 Å². The first kappa shape index (κ1) is 18.2. The van der Waals surface area contributed by atoms with E-state index in [0.717, 1.165) is 6.07 Å². The zero-order chi connectivity index (χ0) is 17.7. The van der Waals surface area contributed by atoms with Gasteiger partial charge in [0.25, 0.3) is 11.8 Å². The maximum absolute atomic E-state index is 13.7. The molecule has 2 atom stereocenters. The number of rotatable bonds is 5. The van der Waals surface area contributed by atoms with E-state index in [9.17, 15) is 18.8 Å².